The van der Waals surface area contributed by atoms with E-state index in [1.165, 1.54) is 0 Å². The molecule has 0 atom stereocenters. The fourth-order valence-corrected chi connectivity index (χ4v) is 1.14. The second kappa shape index (κ2) is 18.2. The summed E-state index contributed by atoms with van der Waals surface area (Å²) in [5, 5.41) is 0. The van der Waals surface area contributed by atoms with Crippen LogP contribution in [0.2, 0.25) is 0 Å². The van der Waals surface area contributed by atoms with E-state index >= 15 is 0 Å². The van der Waals surface area contributed by atoms with Gasteiger partial charge in [0.2, 0.25) is 0 Å². The molecule has 2 rings (SSSR count). The predicted molar refractivity (Wildman–Crippen MR) is 113 cm³/mol. The molecular weight excluding hydrogens is 935 g/mol. The molecule has 0 amide bonds. The van der Waals surface area contributed by atoms with Gasteiger partial charge < -0.3 is 18.2 Å². The average molecular weight is 944 g/mol. The Morgan fingerprint density at radius 2 is 0.667 bits per heavy atom. The molecule has 1 aromatic carbocycles. The number of aromatic nitrogens is 1. The molecule has 13 nitrogen and oxygen atoms in total. The first kappa shape index (κ1) is 49.7. The first-order chi connectivity index (χ1) is 19.0. The van der Waals surface area contributed by atoms with Crippen LogP contribution in [-0.2, 0) is 60.6 Å². The fourth-order valence-electron chi connectivity index (χ4n) is 1.14. The van der Waals surface area contributed by atoms with Gasteiger partial charge in [-0.25, -0.2) is 33.7 Å². The summed E-state index contributed by atoms with van der Waals surface area (Å²) in [4.78, 5) is 4.25. The molecule has 0 N–H and O–H groups in total. The van der Waals surface area contributed by atoms with Gasteiger partial charge in [-0.3, -0.25) is 4.98 Å². The maximum absolute atomic E-state index is 10.7. The zero-order valence-corrected chi connectivity index (χ0v) is 25.7. The summed E-state index contributed by atoms with van der Waals surface area (Å²) in [5.41, 5.74) is -20.4. The number of alkyl halides is 12. The van der Waals surface area contributed by atoms with Crippen molar-refractivity contribution in [1.82, 2.24) is 4.98 Å². The maximum Gasteiger partial charge on any atom is 0.485 e. The molecule has 45 heavy (non-hydrogen) atoms. The van der Waals surface area contributed by atoms with E-state index < -0.39 is 62.5 Å². The Morgan fingerprint density at radius 1 is 0.444 bits per heavy atom. The molecule has 1 aromatic heterocycles. The topological polar surface area (TPSA) is 242 Å². The molecule has 2 aromatic rings. The summed E-state index contributed by atoms with van der Waals surface area (Å²) < 4.78 is 236. The van der Waals surface area contributed by atoms with Crippen molar-refractivity contribution in [3.05, 3.63) is 54.7 Å². The van der Waals surface area contributed by atoms with Gasteiger partial charge in [0.05, 0.1) is 5.69 Å². The van der Waals surface area contributed by atoms with E-state index in [2.05, 4.69) is 17.1 Å². The van der Waals surface area contributed by atoms with E-state index in [0.717, 1.165) is 11.3 Å². The molecule has 1 radical (unpaired) electrons. The molecule has 30 heteroatoms. The quantitative estimate of drug-likeness (QED) is 0.227. The van der Waals surface area contributed by atoms with Gasteiger partial charge in [-0.05, 0) is 12.1 Å². The van der Waals surface area contributed by atoms with Crippen molar-refractivity contribution in [1.29, 1.82) is 0 Å². The van der Waals surface area contributed by atoms with Crippen molar-refractivity contribution in [3.8, 4) is 11.3 Å². The van der Waals surface area contributed by atoms with Crippen LogP contribution in [0.4, 0.5) is 52.7 Å². The van der Waals surface area contributed by atoms with Crippen LogP contribution in [0.25, 0.3) is 11.3 Å². The zero-order valence-electron chi connectivity index (χ0n) is 20.0. The van der Waals surface area contributed by atoms with Crippen LogP contribution in [0.1, 0.15) is 0 Å². The Labute approximate surface area is 257 Å². The number of pyridine rings is 1. The van der Waals surface area contributed by atoms with E-state index in [1.54, 1.807) is 0 Å². The van der Waals surface area contributed by atoms with Crippen LogP contribution < -0.4 is 0 Å². The molecule has 0 spiro atoms. The SMILES string of the molecule is O=S(=O)([O-])C(F)(F)F.O=S(=O)([O-])C(F)(F)F.O=S(=O)([O-])C(F)(F)F.O=S(=O)([O-])C(F)(F)F.[Ir].c1ccc(-c2ccccn2)cc1. The van der Waals surface area contributed by atoms with E-state index in [0.29, 0.717) is 0 Å². The van der Waals surface area contributed by atoms with Crippen LogP contribution in [0.15, 0.2) is 54.7 Å². The fraction of sp³-hybridized carbons (Fsp3) is 0.267. The molecule has 0 aliphatic rings. The Balaban J connectivity index is -0.000000236. The summed E-state index contributed by atoms with van der Waals surface area (Å²) in [6.45, 7) is 0. The summed E-state index contributed by atoms with van der Waals surface area (Å²) in [6, 6.07) is 16.1. The largest absolute Gasteiger partial charge is 0.741 e. The standard InChI is InChI=1S/C11H9N.4CHF3O3S.Ir/c1-2-6-10(7-3-1)11-8-4-5-9-12-11;4*2-1(3,4)8(5,6)7;/h1-9H;4*(H,5,6,7);/p-4. The third kappa shape index (κ3) is 22.9. The second-order valence-electron chi connectivity index (χ2n) is 6.18. The van der Waals surface area contributed by atoms with Crippen molar-refractivity contribution < 1.29 is 125 Å². The van der Waals surface area contributed by atoms with Gasteiger partial charge in [0.1, 0.15) is 0 Å². The number of nitrogens with zero attached hydrogens (tertiary/aromatic N) is 1. The monoisotopic (exact) mass is 944 g/mol. The maximum atomic E-state index is 10.7. The van der Waals surface area contributed by atoms with Gasteiger partial charge >= 0.3 is 22.0 Å². The number of hydrogen-bond donors (Lipinski definition) is 0. The summed E-state index contributed by atoms with van der Waals surface area (Å²) in [6.07, 6.45) is 1.81. The first-order valence-electron chi connectivity index (χ1n) is 9.02. The molecule has 0 saturated heterocycles. The Kier molecular flexibility index (Phi) is 20.1. The van der Waals surface area contributed by atoms with Crippen molar-refractivity contribution >= 4 is 40.5 Å². The minimum atomic E-state index is -6.09. The predicted octanol–water partition coefficient (Wildman–Crippen LogP) is 2.95. The van der Waals surface area contributed by atoms with Crippen LogP contribution in [0.3, 0.4) is 0 Å². The van der Waals surface area contributed by atoms with Crippen LogP contribution in [0, 0.1) is 0 Å². The normalized spacial score (nSPS) is 12.5. The van der Waals surface area contributed by atoms with Crippen molar-refractivity contribution in [2.75, 3.05) is 0 Å². The van der Waals surface area contributed by atoms with Gasteiger partial charge in [-0.1, -0.05) is 36.4 Å². The van der Waals surface area contributed by atoms with E-state index in [1.807, 2.05) is 42.6 Å². The van der Waals surface area contributed by atoms with Crippen LogP contribution in [0.5, 0.6) is 0 Å². The molecule has 267 valence electrons. The van der Waals surface area contributed by atoms with E-state index in [4.69, 9.17) is 51.9 Å². The Bertz CT molecular complexity index is 1370. The van der Waals surface area contributed by atoms with Gasteiger partial charge in [0.15, 0.2) is 40.5 Å². The van der Waals surface area contributed by atoms with Gasteiger partial charge in [0, 0.05) is 31.9 Å². The molecule has 0 unspecified atom stereocenters. The molecular formula is C15H9F12IrNO12S4-4. The molecule has 0 bridgehead atoms. The van der Waals surface area contributed by atoms with E-state index in [9.17, 15) is 52.7 Å². The Hall–Kier alpha value is -2.18. The third-order valence-corrected chi connectivity index (χ3v) is 5.14. The minimum Gasteiger partial charge on any atom is -0.741 e. The van der Waals surface area contributed by atoms with Crippen molar-refractivity contribution in [2.24, 2.45) is 0 Å². The molecule has 1 heterocycles. The zero-order chi connectivity index (χ0) is 36.2. The number of benzene rings is 1. The molecule has 0 aliphatic heterocycles. The second-order valence-corrected chi connectivity index (χ2v) is 11.7. The summed E-state index contributed by atoms with van der Waals surface area (Å²) in [5.74, 6) is 0. The van der Waals surface area contributed by atoms with Crippen LogP contribution in [-0.4, -0.2) is 78.9 Å². The first-order valence-corrected chi connectivity index (χ1v) is 14.6. The van der Waals surface area contributed by atoms with Crippen molar-refractivity contribution in [3.63, 3.8) is 0 Å². The Morgan fingerprint density at radius 3 is 0.844 bits per heavy atom. The van der Waals surface area contributed by atoms with Crippen LogP contribution >= 0.6 is 0 Å². The molecule has 0 fully saturated rings. The minimum absolute atomic E-state index is 0. The number of halogens is 12. The van der Waals surface area contributed by atoms with Crippen molar-refractivity contribution in [2.45, 2.75) is 22.0 Å². The van der Waals surface area contributed by atoms with Gasteiger partial charge in [0.25, 0.3) is 0 Å². The van der Waals surface area contributed by atoms with Gasteiger partial charge in [-0.2, -0.15) is 52.7 Å². The summed E-state index contributed by atoms with van der Waals surface area (Å²) in [7, 11) is -24.4. The van der Waals surface area contributed by atoms with Gasteiger partial charge in [-0.15, -0.1) is 0 Å². The smallest absolute Gasteiger partial charge is 0.485 e. The molecule has 0 aliphatic carbocycles. The number of hydrogen-bond acceptors (Lipinski definition) is 13. The molecule has 0 saturated carbocycles. The summed E-state index contributed by atoms with van der Waals surface area (Å²) >= 11 is 0. The third-order valence-electron chi connectivity index (χ3n) is 2.87. The number of rotatable bonds is 1. The van der Waals surface area contributed by atoms with E-state index in [-0.39, 0.29) is 20.1 Å². The average Bonchev–Trinajstić information content (AvgIpc) is 2.77.